The van der Waals surface area contributed by atoms with Crippen LogP contribution in [0.3, 0.4) is 0 Å². The maximum atomic E-state index is 15.0. The molecule has 7 aromatic carbocycles. The van der Waals surface area contributed by atoms with E-state index in [1.165, 1.54) is 85.2 Å². The highest BCUT2D eigenvalue weighted by Gasteiger charge is 2.36. The van der Waals surface area contributed by atoms with Gasteiger partial charge in [0.15, 0.2) is 0 Å². The summed E-state index contributed by atoms with van der Waals surface area (Å²) in [5.41, 5.74) is 17.3. The second kappa shape index (κ2) is 46.3. The van der Waals surface area contributed by atoms with Crippen molar-refractivity contribution in [3.63, 3.8) is 0 Å². The number of nitrogens with zero attached hydrogens (tertiary/aromatic N) is 17. The molecule has 15 aromatic rings. The van der Waals surface area contributed by atoms with Crippen molar-refractivity contribution >= 4 is 143 Å². The minimum atomic E-state index is -0.591. The zero-order valence-electron chi connectivity index (χ0n) is 84.4. The van der Waals surface area contributed by atoms with Gasteiger partial charge in [-0.05, 0) is 189 Å². The highest BCUT2D eigenvalue weighted by Crippen LogP contribution is 2.50. The van der Waals surface area contributed by atoms with Gasteiger partial charge in [-0.25, -0.2) is 62.2 Å². The van der Waals surface area contributed by atoms with Gasteiger partial charge in [-0.2, -0.15) is 0 Å². The molecule has 1 saturated carbocycles. The maximum Gasteiger partial charge on any atom is 0.341 e. The smallest absolute Gasteiger partial charge is 0.341 e. The van der Waals surface area contributed by atoms with Crippen molar-refractivity contribution in [3.05, 3.63) is 334 Å². The molecule has 0 N–H and O–H groups in total. The minimum absolute atomic E-state index is 0.0649. The predicted molar refractivity (Wildman–Crippen MR) is 590 cm³/mol. The van der Waals surface area contributed by atoms with E-state index in [9.17, 15) is 37.1 Å². The molecule has 0 bridgehead atoms. The number of carbonyl (C=O) groups excluding carboxylic acids is 5. The lowest BCUT2D eigenvalue weighted by molar-refractivity contribution is -0.127. The standard InChI is InChI=1S/C33H35ClFN5O.C31H28ClFN4O.C30H28ClFN4O.C24H22ClFN4O3/c1-6-29(41)39-15-17-40(18-16-39)33-25-19-26(34)31(24-13-9-10-14-27(24)35)37-32(25)30(28(36-33)20-38(4)5)23-12-8-7-11-22(23)21(2)3;1-3-27(38)36-14-16-37(17-15-36)31-24-18-25(32)29(23-10-6-7-11-26(23)33)35-30(24)28(19(2)34-31)22-9-5-4-8-21(22)20-12-13-20;1-4-27(37)35-13-15-36(16-14-35)30-23-17-25(31)29(22-11-7-8-12-26(22)32)34-28(23)24(18-33-30)21-10-6-5-9-20(21)19(2)3;1-4-19(31)29-9-11-30(12-10-29)23-16-13-17(25)21(15-7-5-6-8-18(15)26)28-22(16)20(14(2)27-23)24(32)33-3/h6-14,19,21H,1,15-18,20H2,2-5H3;3-11,18,20H,1,12-17H2,2H3;4-12,17-19H,1,13-16H2,2-3H3;4-8,13H,1,9-12H2,2-3H3. The zero-order valence-corrected chi connectivity index (χ0v) is 87.5. The number of esters is 1. The molecule has 1 aliphatic carbocycles. The number of halogens is 8. The van der Waals surface area contributed by atoms with Crippen LogP contribution in [0, 0.1) is 37.1 Å². The lowest BCUT2D eigenvalue weighted by Gasteiger charge is -2.36. The van der Waals surface area contributed by atoms with Gasteiger partial charge in [-0.3, -0.25) is 19.2 Å². The van der Waals surface area contributed by atoms with Gasteiger partial charge in [0.05, 0.1) is 83.4 Å². The summed E-state index contributed by atoms with van der Waals surface area (Å²) in [5, 5.41) is 4.29. The summed E-state index contributed by atoms with van der Waals surface area (Å²) in [7, 11) is 5.32. The Morgan fingerprint density at radius 1 is 0.376 bits per heavy atom. The second-order valence-corrected chi connectivity index (χ2v) is 39.6. The topological polar surface area (TPSA) is 227 Å². The third kappa shape index (κ3) is 22.3. The maximum absolute atomic E-state index is 15.0. The highest BCUT2D eigenvalue weighted by atomic mass is 35.5. The normalized spacial score (nSPS) is 14.3. The fourth-order valence-corrected chi connectivity index (χ4v) is 20.9. The van der Waals surface area contributed by atoms with Gasteiger partial charge < -0.3 is 48.8 Å². The monoisotopic (exact) mass is 2080 g/mol. The summed E-state index contributed by atoms with van der Waals surface area (Å²) < 4.78 is 64.2. The molecule has 0 unspecified atom stereocenters. The lowest BCUT2D eigenvalue weighted by Crippen LogP contribution is -2.48. The number of anilines is 4. The van der Waals surface area contributed by atoms with Crippen LogP contribution in [-0.4, -0.2) is 220 Å². The number of carbonyl (C=O) groups is 5. The van der Waals surface area contributed by atoms with E-state index in [2.05, 4.69) is 126 Å². The predicted octanol–water partition coefficient (Wildman–Crippen LogP) is 24.3. The van der Waals surface area contributed by atoms with Crippen LogP contribution in [0.2, 0.25) is 20.1 Å². The average Bonchev–Trinajstić information content (AvgIpc) is 1.70. The van der Waals surface area contributed by atoms with Crippen LogP contribution in [0.1, 0.15) is 102 Å². The quantitative estimate of drug-likeness (QED) is 0.0370. The second-order valence-electron chi connectivity index (χ2n) is 38.0. The van der Waals surface area contributed by atoms with E-state index in [1.54, 1.807) is 105 Å². The van der Waals surface area contributed by atoms with E-state index in [4.69, 9.17) is 81.0 Å². The molecular formula is C118H113Cl4F4N17O6. The van der Waals surface area contributed by atoms with Crippen molar-refractivity contribution in [1.82, 2.24) is 64.4 Å². The highest BCUT2D eigenvalue weighted by molar-refractivity contribution is 6.36. The lowest BCUT2D eigenvalue weighted by atomic mass is 9.90. The summed E-state index contributed by atoms with van der Waals surface area (Å²) >= 11 is 27.0. The molecule has 0 spiro atoms. The van der Waals surface area contributed by atoms with E-state index in [0.29, 0.717) is 200 Å². The molecule has 20 rings (SSSR count). The Balaban J connectivity index is 0.000000136. The van der Waals surface area contributed by atoms with Gasteiger partial charge in [-0.15, -0.1) is 0 Å². The van der Waals surface area contributed by atoms with Gasteiger partial charge in [0, 0.05) is 184 Å². The number of benzene rings is 7. The molecule has 31 heteroatoms. The van der Waals surface area contributed by atoms with Crippen LogP contribution in [0.4, 0.5) is 40.8 Å². The minimum Gasteiger partial charge on any atom is -0.465 e. The molecule has 5 fully saturated rings. The molecule has 8 aromatic heterocycles. The Bertz CT molecular complexity index is 7750. The van der Waals surface area contributed by atoms with Crippen molar-refractivity contribution in [2.24, 2.45) is 0 Å². The van der Waals surface area contributed by atoms with Gasteiger partial charge in [0.25, 0.3) is 0 Å². The van der Waals surface area contributed by atoms with Crippen LogP contribution in [0.25, 0.3) is 122 Å². The average molecular weight is 2080 g/mol. The molecule has 5 aliphatic rings. The van der Waals surface area contributed by atoms with Crippen LogP contribution in [0.15, 0.2) is 251 Å². The number of piperazine rings is 4. The summed E-state index contributed by atoms with van der Waals surface area (Å²) in [6.07, 6.45) is 9.55. The molecule has 4 aliphatic heterocycles. The number of aromatic nitrogens is 8. The number of hydrogen-bond donors (Lipinski definition) is 0. The van der Waals surface area contributed by atoms with E-state index in [0.717, 1.165) is 89.4 Å². The number of hydrogen-bond acceptors (Lipinski definition) is 19. The largest absolute Gasteiger partial charge is 0.465 e. The zero-order chi connectivity index (χ0) is 105. The summed E-state index contributed by atoms with van der Waals surface area (Å²) in [6.45, 7) is 36.5. The Labute approximate surface area is 883 Å². The van der Waals surface area contributed by atoms with E-state index >= 15 is 4.39 Å². The van der Waals surface area contributed by atoms with Crippen LogP contribution in [0.5, 0.6) is 0 Å². The van der Waals surface area contributed by atoms with Gasteiger partial charge in [0.2, 0.25) is 23.6 Å². The third-order valence-corrected chi connectivity index (χ3v) is 28.7. The van der Waals surface area contributed by atoms with Crippen molar-refractivity contribution < 1.29 is 46.3 Å². The molecule has 0 atom stereocenters. The van der Waals surface area contributed by atoms with Gasteiger partial charge in [0.1, 0.15) is 52.1 Å². The first kappa shape index (κ1) is 105. The number of fused-ring (bicyclic) bond motifs is 4. The Morgan fingerprint density at radius 2 is 0.685 bits per heavy atom. The molecule has 762 valence electrons. The number of aryl methyl sites for hydroxylation is 2. The van der Waals surface area contributed by atoms with Crippen molar-refractivity contribution in [2.45, 2.75) is 78.7 Å². The molecule has 12 heterocycles. The molecule has 149 heavy (non-hydrogen) atoms. The van der Waals surface area contributed by atoms with E-state index in [1.807, 2.05) is 80.6 Å². The van der Waals surface area contributed by atoms with Crippen LogP contribution >= 0.6 is 46.4 Å². The Hall–Kier alpha value is -14.9. The molecule has 4 amide bonds. The summed E-state index contributed by atoms with van der Waals surface area (Å²) in [6, 6.07) is 58.1. The van der Waals surface area contributed by atoms with Gasteiger partial charge >= 0.3 is 5.97 Å². The fourth-order valence-electron chi connectivity index (χ4n) is 19.9. The molecule has 23 nitrogen and oxygen atoms in total. The number of rotatable bonds is 21. The van der Waals surface area contributed by atoms with Crippen molar-refractivity contribution in [3.8, 4) is 78.4 Å². The fraction of sp³-hybridized carbons (Fsp3) is 0.263. The first-order chi connectivity index (χ1) is 71.9. The van der Waals surface area contributed by atoms with Gasteiger partial charge in [-0.1, -0.05) is 222 Å². The number of methoxy groups -OCH3 is 1. The summed E-state index contributed by atoms with van der Waals surface area (Å²) in [5.74, 6) is 1.47. The first-order valence-electron chi connectivity index (χ1n) is 49.6. The Kier molecular flexibility index (Phi) is 32.8. The number of amides is 4. The van der Waals surface area contributed by atoms with Crippen LogP contribution < -0.4 is 19.6 Å². The molecule has 4 saturated heterocycles. The first-order valence-corrected chi connectivity index (χ1v) is 51.1. The van der Waals surface area contributed by atoms with Crippen LogP contribution in [-0.2, 0) is 30.5 Å². The molecular weight excluding hydrogens is 1970 g/mol. The number of pyridine rings is 8. The van der Waals surface area contributed by atoms with Crippen molar-refractivity contribution in [1.29, 1.82) is 0 Å². The summed E-state index contributed by atoms with van der Waals surface area (Å²) in [4.78, 5) is 118. The third-order valence-electron chi connectivity index (χ3n) is 27.6. The molecule has 0 radical (unpaired) electrons. The Morgan fingerprint density at radius 3 is 1.05 bits per heavy atom. The van der Waals surface area contributed by atoms with E-state index < -0.39 is 11.8 Å². The number of ether oxygens (including phenoxy) is 1. The van der Waals surface area contributed by atoms with Crippen molar-refractivity contribution in [2.75, 3.05) is 146 Å². The SMILES string of the molecule is C=CC(=O)N1CCN(c2nc(C)c(-c3ccccc3C3CC3)c3nc(-c4ccccc4F)c(Cl)cc23)CC1.C=CC(=O)N1CCN(c2nc(C)c(C(=O)OC)c3nc(-c4ccccc4F)c(Cl)cc23)CC1.C=CC(=O)N1CCN(c2nc(CN(C)C)c(-c3ccccc3C(C)C)c3nc(-c4ccccc4F)c(Cl)cc23)CC1.C=CC(=O)N1CCN(c2ncc(-c3ccccc3C(C)C)c3nc(-c4ccccc4F)c(Cl)cc23)CC1. The van der Waals surface area contributed by atoms with E-state index in [-0.39, 0.29) is 68.8 Å².